The molecular weight excluding hydrogens is 656 g/mol. The third-order valence-electron chi connectivity index (χ3n) is 8.96. The van der Waals surface area contributed by atoms with Crippen molar-refractivity contribution in [2.45, 2.75) is 176 Å². The molecule has 0 radical (unpaired) electrons. The lowest BCUT2D eigenvalue weighted by molar-refractivity contribution is -0.143. The summed E-state index contributed by atoms with van der Waals surface area (Å²) in [5.41, 5.74) is 0. The number of carbonyl (C=O) groups is 6. The van der Waals surface area contributed by atoms with Gasteiger partial charge in [0.2, 0.25) is 23.6 Å². The molecule has 0 aromatic carbocycles. The molecule has 7 atom stereocenters. The highest BCUT2D eigenvalue weighted by Crippen LogP contribution is 2.21. The average molecular weight is 727 g/mol. The second kappa shape index (κ2) is 25.7. The quantitative estimate of drug-likeness (QED) is 0.0552. The zero-order chi connectivity index (χ0) is 39.3. The molecule has 0 spiro atoms. The van der Waals surface area contributed by atoms with Crippen LogP contribution in [-0.2, 0) is 28.8 Å². The summed E-state index contributed by atoms with van der Waals surface area (Å²) in [6.07, 6.45) is 5.54. The molecule has 0 heterocycles. The molecule has 296 valence electrons. The highest BCUT2D eigenvalue weighted by atomic mass is 16.4. The minimum Gasteiger partial charge on any atom is -0.481 e. The minimum atomic E-state index is -1.35. The van der Waals surface area contributed by atoms with Gasteiger partial charge in [-0.15, -0.1) is 0 Å². The highest BCUT2D eigenvalue weighted by molar-refractivity contribution is 5.95. The first-order valence-electron chi connectivity index (χ1n) is 19.1. The molecule has 51 heavy (non-hydrogen) atoms. The van der Waals surface area contributed by atoms with Crippen LogP contribution in [0.5, 0.6) is 0 Å². The van der Waals surface area contributed by atoms with Gasteiger partial charge in [0, 0.05) is 6.42 Å². The lowest BCUT2D eigenvalue weighted by Crippen LogP contribution is -2.58. The molecule has 13 heteroatoms. The second-order valence-corrected chi connectivity index (χ2v) is 15.8. The first-order valence-corrected chi connectivity index (χ1v) is 19.1. The van der Waals surface area contributed by atoms with Gasteiger partial charge in [0.15, 0.2) is 0 Å². The topological polar surface area (TPSA) is 211 Å². The summed E-state index contributed by atoms with van der Waals surface area (Å²) in [4.78, 5) is 76.3. The Bertz CT molecular complexity index is 1080. The van der Waals surface area contributed by atoms with Crippen LogP contribution in [0.25, 0.3) is 0 Å². The van der Waals surface area contributed by atoms with E-state index in [4.69, 9.17) is 0 Å². The van der Waals surface area contributed by atoms with Gasteiger partial charge in [-0.3, -0.25) is 24.0 Å². The highest BCUT2D eigenvalue weighted by Gasteiger charge is 2.32. The van der Waals surface area contributed by atoms with E-state index in [1.807, 2.05) is 41.5 Å². The molecule has 0 aromatic rings. The van der Waals surface area contributed by atoms with E-state index in [-0.39, 0.29) is 49.9 Å². The van der Waals surface area contributed by atoms with Gasteiger partial charge in [-0.25, -0.2) is 4.79 Å². The summed E-state index contributed by atoms with van der Waals surface area (Å²) in [7, 11) is 0. The molecule has 0 aliphatic rings. The summed E-state index contributed by atoms with van der Waals surface area (Å²) >= 11 is 0. The largest absolute Gasteiger partial charge is 0.481 e. The van der Waals surface area contributed by atoms with Crippen molar-refractivity contribution < 1.29 is 44.1 Å². The summed E-state index contributed by atoms with van der Waals surface area (Å²) in [5, 5.41) is 39.8. The third kappa shape index (κ3) is 23.1. The molecule has 0 aromatic heterocycles. The van der Waals surface area contributed by atoms with E-state index in [9.17, 15) is 44.1 Å². The number of hydrogen-bond donors (Lipinski definition) is 7. The van der Waals surface area contributed by atoms with E-state index >= 15 is 0 Å². The molecule has 0 saturated carbocycles. The lowest BCUT2D eigenvalue weighted by Gasteiger charge is -2.27. The van der Waals surface area contributed by atoms with E-state index in [1.54, 1.807) is 0 Å². The molecule has 0 aliphatic carbocycles. The summed E-state index contributed by atoms with van der Waals surface area (Å²) < 4.78 is 0. The normalized spacial score (nSPS) is 15.7. The van der Waals surface area contributed by atoms with Crippen molar-refractivity contribution in [2.75, 3.05) is 0 Å². The van der Waals surface area contributed by atoms with Crippen LogP contribution in [0, 0.1) is 29.6 Å². The summed E-state index contributed by atoms with van der Waals surface area (Å²) in [6, 6.07) is -4.72. The average Bonchev–Trinajstić information content (AvgIpc) is 3.00. The molecule has 4 amide bonds. The Hall–Kier alpha value is -3.22. The molecule has 0 saturated heterocycles. The fourth-order valence-electron chi connectivity index (χ4n) is 6.04. The number of aliphatic hydroxyl groups is 1. The Morgan fingerprint density at radius 2 is 0.980 bits per heavy atom. The first-order chi connectivity index (χ1) is 23.7. The number of unbranched alkanes of at least 4 members (excludes halogenated alkanes) is 2. The number of carboxylic acid groups (broad SMARTS) is 2. The number of aliphatic carboxylic acids is 2. The predicted molar refractivity (Wildman–Crippen MR) is 198 cm³/mol. The van der Waals surface area contributed by atoms with Gasteiger partial charge in [0.25, 0.3) is 0 Å². The van der Waals surface area contributed by atoms with Gasteiger partial charge in [0.1, 0.15) is 24.2 Å². The van der Waals surface area contributed by atoms with E-state index in [0.29, 0.717) is 18.3 Å². The van der Waals surface area contributed by atoms with Crippen molar-refractivity contribution in [2.24, 2.45) is 29.6 Å². The maximum Gasteiger partial charge on any atom is 0.326 e. The Morgan fingerprint density at radius 3 is 1.47 bits per heavy atom. The van der Waals surface area contributed by atoms with E-state index in [1.165, 1.54) is 12.8 Å². The fourth-order valence-corrected chi connectivity index (χ4v) is 6.04. The molecular formula is C38H70N4O9. The van der Waals surface area contributed by atoms with Crippen molar-refractivity contribution in [3.8, 4) is 0 Å². The van der Waals surface area contributed by atoms with Crippen LogP contribution >= 0.6 is 0 Å². The third-order valence-corrected chi connectivity index (χ3v) is 8.96. The van der Waals surface area contributed by atoms with Crippen LogP contribution in [-0.4, -0.2) is 81.2 Å². The van der Waals surface area contributed by atoms with E-state index < -0.39 is 72.3 Å². The standard InChI is InChI=1S/C38H70N4O9/c1-10-26(8)21-27(9)14-12-11-13-15-28(43)22-33(44)39-30(18-23(2)3)36(48)40-29(16-17-34(45)46)35(47)41-31(19-24(4)5)37(49)42-32(38(50)51)20-25(6)7/h23-32,43H,10-22H2,1-9H3,(H,39,44)(H,40,48)(H,41,47)(H,42,49)(H,45,46)(H,50,51). The number of carbonyl (C=O) groups excluding carboxylic acids is 4. The maximum absolute atomic E-state index is 13.5. The molecule has 0 rings (SSSR count). The predicted octanol–water partition coefficient (Wildman–Crippen LogP) is 4.79. The maximum atomic E-state index is 13.5. The lowest BCUT2D eigenvalue weighted by atomic mass is 9.91. The Labute approximate surface area is 306 Å². The number of aliphatic hydroxyl groups excluding tert-OH is 1. The van der Waals surface area contributed by atoms with E-state index in [2.05, 4.69) is 42.0 Å². The molecule has 7 N–H and O–H groups in total. The number of hydrogen-bond acceptors (Lipinski definition) is 7. The van der Waals surface area contributed by atoms with Crippen LogP contribution in [0.2, 0.25) is 0 Å². The molecule has 13 nitrogen and oxygen atoms in total. The minimum absolute atomic E-state index is 0.0224. The number of carboxylic acids is 2. The first kappa shape index (κ1) is 47.8. The van der Waals surface area contributed by atoms with Crippen molar-refractivity contribution in [3.05, 3.63) is 0 Å². The summed E-state index contributed by atoms with van der Waals surface area (Å²) in [6.45, 7) is 17.7. The zero-order valence-electron chi connectivity index (χ0n) is 32.8. The Balaban J connectivity index is 5.56. The van der Waals surface area contributed by atoms with Crippen molar-refractivity contribution in [3.63, 3.8) is 0 Å². The van der Waals surface area contributed by atoms with Crippen molar-refractivity contribution >= 4 is 35.6 Å². The van der Waals surface area contributed by atoms with Gasteiger partial charge in [-0.05, 0) is 68.1 Å². The van der Waals surface area contributed by atoms with Crippen LogP contribution in [0.3, 0.4) is 0 Å². The van der Waals surface area contributed by atoms with E-state index in [0.717, 1.165) is 25.7 Å². The fraction of sp³-hybridized carbons (Fsp3) is 0.842. The van der Waals surface area contributed by atoms with Gasteiger partial charge in [0.05, 0.1) is 12.5 Å². The molecule has 0 bridgehead atoms. The molecule has 7 unspecified atom stereocenters. The SMILES string of the molecule is CCC(C)CC(C)CCCCCC(O)CC(=O)NC(CC(C)C)C(=O)NC(CCC(=O)O)C(=O)NC(CC(C)C)C(=O)NC(CC(C)C)C(=O)O. The Morgan fingerprint density at radius 1 is 0.529 bits per heavy atom. The van der Waals surface area contributed by atoms with Gasteiger partial charge in [-0.2, -0.15) is 0 Å². The smallest absolute Gasteiger partial charge is 0.326 e. The van der Waals surface area contributed by atoms with Crippen molar-refractivity contribution in [1.29, 1.82) is 0 Å². The van der Waals surface area contributed by atoms with Gasteiger partial charge < -0.3 is 36.6 Å². The second-order valence-electron chi connectivity index (χ2n) is 15.8. The van der Waals surface area contributed by atoms with Crippen LogP contribution in [0.4, 0.5) is 0 Å². The van der Waals surface area contributed by atoms with Crippen LogP contribution < -0.4 is 21.3 Å². The monoisotopic (exact) mass is 727 g/mol. The van der Waals surface area contributed by atoms with Crippen LogP contribution in [0.15, 0.2) is 0 Å². The number of amides is 4. The molecule has 0 aliphatic heterocycles. The number of nitrogens with one attached hydrogen (secondary N) is 4. The zero-order valence-corrected chi connectivity index (χ0v) is 32.8. The Kier molecular flexibility index (Phi) is 24.1. The van der Waals surface area contributed by atoms with Crippen molar-refractivity contribution in [1.82, 2.24) is 21.3 Å². The number of rotatable bonds is 28. The molecule has 0 fully saturated rings. The van der Waals surface area contributed by atoms with Gasteiger partial charge in [-0.1, -0.05) is 94.4 Å². The summed E-state index contributed by atoms with van der Waals surface area (Å²) in [5.74, 6) is -3.89. The van der Waals surface area contributed by atoms with Crippen LogP contribution in [0.1, 0.15) is 146 Å². The van der Waals surface area contributed by atoms with Gasteiger partial charge >= 0.3 is 11.9 Å².